The number of carbonyl (C=O) groups excluding carboxylic acids is 1. The van der Waals surface area contributed by atoms with Crippen LogP contribution in [0, 0.1) is 11.3 Å². The maximum absolute atomic E-state index is 11.0. The number of benzene rings is 1. The fourth-order valence-corrected chi connectivity index (χ4v) is 1.68. The van der Waals surface area contributed by atoms with Crippen molar-refractivity contribution >= 4 is 12.0 Å². The molecule has 0 spiro atoms. The van der Waals surface area contributed by atoms with Crippen molar-refractivity contribution in [3.05, 3.63) is 59.9 Å². The molecule has 0 saturated carbocycles. The quantitative estimate of drug-likeness (QED) is 0.668. The molecule has 0 radical (unpaired) electrons. The summed E-state index contributed by atoms with van der Waals surface area (Å²) in [4.78, 5) is 15.0. The van der Waals surface area contributed by atoms with Gasteiger partial charge in [-0.15, -0.1) is 0 Å². The molecule has 0 bridgehead atoms. The first-order valence-electron chi connectivity index (χ1n) is 5.63. The van der Waals surface area contributed by atoms with Crippen LogP contribution in [0.2, 0.25) is 0 Å². The molecule has 1 amide bonds. The molecule has 0 fully saturated rings. The first-order chi connectivity index (χ1) is 9.20. The van der Waals surface area contributed by atoms with Gasteiger partial charge in [0.25, 0.3) is 5.91 Å². The van der Waals surface area contributed by atoms with Crippen LogP contribution in [0.4, 0.5) is 0 Å². The van der Waals surface area contributed by atoms with Gasteiger partial charge < -0.3 is 5.73 Å². The standard InChI is InChI=1S/C15H11N3O/c16-10-14(15(17)19)9-11-2-1-3-13(8-11)12-4-6-18-7-5-12/h1-9H,(H2,17,19)/b14-9+. The molecule has 4 heteroatoms. The maximum Gasteiger partial charge on any atom is 0.259 e. The number of nitriles is 1. The molecule has 2 N–H and O–H groups in total. The molecule has 0 atom stereocenters. The van der Waals surface area contributed by atoms with E-state index in [1.165, 1.54) is 6.08 Å². The lowest BCUT2D eigenvalue weighted by Gasteiger charge is -2.02. The van der Waals surface area contributed by atoms with Gasteiger partial charge in [-0.05, 0) is 41.0 Å². The molecule has 2 aromatic rings. The van der Waals surface area contributed by atoms with E-state index in [9.17, 15) is 4.79 Å². The first kappa shape index (κ1) is 12.5. The zero-order chi connectivity index (χ0) is 13.7. The van der Waals surface area contributed by atoms with Crippen LogP contribution < -0.4 is 5.73 Å². The zero-order valence-electron chi connectivity index (χ0n) is 10.1. The summed E-state index contributed by atoms with van der Waals surface area (Å²) >= 11 is 0. The van der Waals surface area contributed by atoms with Gasteiger partial charge >= 0.3 is 0 Å². The highest BCUT2D eigenvalue weighted by molar-refractivity contribution is 6.00. The lowest BCUT2D eigenvalue weighted by molar-refractivity contribution is -0.114. The Morgan fingerprint density at radius 3 is 2.58 bits per heavy atom. The van der Waals surface area contributed by atoms with E-state index in [1.807, 2.05) is 36.4 Å². The average Bonchev–Trinajstić information content (AvgIpc) is 2.45. The summed E-state index contributed by atoms with van der Waals surface area (Å²) in [7, 11) is 0. The Balaban J connectivity index is 2.41. The number of nitrogens with zero attached hydrogens (tertiary/aromatic N) is 2. The number of amides is 1. The number of aromatic nitrogens is 1. The third-order valence-electron chi connectivity index (χ3n) is 2.60. The average molecular weight is 249 g/mol. The van der Waals surface area contributed by atoms with Gasteiger partial charge in [-0.1, -0.05) is 18.2 Å². The van der Waals surface area contributed by atoms with E-state index in [0.717, 1.165) is 16.7 Å². The van der Waals surface area contributed by atoms with Crippen molar-refractivity contribution in [2.45, 2.75) is 0 Å². The molecule has 1 aromatic heterocycles. The topological polar surface area (TPSA) is 79.8 Å². The number of primary amides is 1. The molecule has 0 unspecified atom stereocenters. The van der Waals surface area contributed by atoms with Crippen molar-refractivity contribution in [1.29, 1.82) is 5.26 Å². The van der Waals surface area contributed by atoms with Crippen molar-refractivity contribution < 1.29 is 4.79 Å². The minimum atomic E-state index is -0.725. The number of nitrogens with two attached hydrogens (primary N) is 1. The van der Waals surface area contributed by atoms with E-state index in [0.29, 0.717) is 0 Å². The summed E-state index contributed by atoms with van der Waals surface area (Å²) < 4.78 is 0. The van der Waals surface area contributed by atoms with E-state index in [4.69, 9.17) is 11.0 Å². The second kappa shape index (κ2) is 5.61. The number of pyridine rings is 1. The Bertz CT molecular complexity index is 669. The summed E-state index contributed by atoms with van der Waals surface area (Å²) in [6.07, 6.45) is 4.90. The monoisotopic (exact) mass is 249 g/mol. The number of hydrogen-bond donors (Lipinski definition) is 1. The molecular weight excluding hydrogens is 238 g/mol. The zero-order valence-corrected chi connectivity index (χ0v) is 10.1. The van der Waals surface area contributed by atoms with Crippen molar-refractivity contribution in [3.63, 3.8) is 0 Å². The van der Waals surface area contributed by atoms with Gasteiger partial charge in [0.15, 0.2) is 0 Å². The lowest BCUT2D eigenvalue weighted by atomic mass is 10.0. The van der Waals surface area contributed by atoms with Gasteiger partial charge in [-0.3, -0.25) is 9.78 Å². The van der Waals surface area contributed by atoms with Gasteiger partial charge in [0.1, 0.15) is 11.6 Å². The molecule has 92 valence electrons. The van der Waals surface area contributed by atoms with E-state index in [-0.39, 0.29) is 5.57 Å². The predicted octanol–water partition coefficient (Wildman–Crippen LogP) is 2.14. The van der Waals surface area contributed by atoms with Gasteiger partial charge in [0.2, 0.25) is 0 Å². The highest BCUT2D eigenvalue weighted by Crippen LogP contribution is 2.20. The summed E-state index contributed by atoms with van der Waals surface area (Å²) in [5.74, 6) is -0.725. The van der Waals surface area contributed by atoms with Crippen LogP contribution in [0.1, 0.15) is 5.56 Å². The van der Waals surface area contributed by atoms with E-state index in [2.05, 4.69) is 4.98 Å². The van der Waals surface area contributed by atoms with Gasteiger partial charge in [0, 0.05) is 12.4 Å². The van der Waals surface area contributed by atoms with Crippen LogP contribution >= 0.6 is 0 Å². The number of hydrogen-bond acceptors (Lipinski definition) is 3. The Labute approximate surface area is 110 Å². The number of rotatable bonds is 3. The van der Waals surface area contributed by atoms with E-state index in [1.54, 1.807) is 18.5 Å². The fourth-order valence-electron chi connectivity index (χ4n) is 1.68. The predicted molar refractivity (Wildman–Crippen MR) is 72.5 cm³/mol. The molecule has 1 aromatic carbocycles. The van der Waals surface area contributed by atoms with Gasteiger partial charge in [-0.25, -0.2) is 0 Å². The normalized spacial score (nSPS) is 10.8. The maximum atomic E-state index is 11.0. The fraction of sp³-hybridized carbons (Fsp3) is 0. The number of carbonyl (C=O) groups is 1. The van der Waals surface area contributed by atoms with Crippen LogP contribution in [0.15, 0.2) is 54.4 Å². The second-order valence-electron chi connectivity index (χ2n) is 3.90. The summed E-state index contributed by atoms with van der Waals surface area (Å²) in [5.41, 5.74) is 7.80. The third kappa shape index (κ3) is 3.05. The third-order valence-corrected chi connectivity index (χ3v) is 2.60. The Hall–Kier alpha value is -2.93. The summed E-state index contributed by atoms with van der Waals surface area (Å²) in [6, 6.07) is 13.1. The Kier molecular flexibility index (Phi) is 3.70. The van der Waals surface area contributed by atoms with Crippen molar-refractivity contribution in [1.82, 2.24) is 4.98 Å². The van der Waals surface area contributed by atoms with E-state index >= 15 is 0 Å². The largest absolute Gasteiger partial charge is 0.365 e. The second-order valence-corrected chi connectivity index (χ2v) is 3.90. The Morgan fingerprint density at radius 2 is 1.95 bits per heavy atom. The van der Waals surface area contributed by atoms with Crippen molar-refractivity contribution in [2.75, 3.05) is 0 Å². The minimum absolute atomic E-state index is 0.0631. The van der Waals surface area contributed by atoms with Gasteiger partial charge in [-0.2, -0.15) is 5.26 Å². The first-order valence-corrected chi connectivity index (χ1v) is 5.63. The van der Waals surface area contributed by atoms with Crippen molar-refractivity contribution in [3.8, 4) is 17.2 Å². The van der Waals surface area contributed by atoms with Crippen LogP contribution in [0.3, 0.4) is 0 Å². The molecular formula is C15H11N3O. The molecule has 0 saturated heterocycles. The van der Waals surface area contributed by atoms with Crippen LogP contribution in [0.5, 0.6) is 0 Å². The highest BCUT2D eigenvalue weighted by atomic mass is 16.1. The van der Waals surface area contributed by atoms with Crippen LogP contribution in [-0.4, -0.2) is 10.9 Å². The SMILES string of the molecule is N#C/C(=C\c1cccc(-c2ccncc2)c1)C(N)=O. The summed E-state index contributed by atoms with van der Waals surface area (Å²) in [6.45, 7) is 0. The van der Waals surface area contributed by atoms with E-state index < -0.39 is 5.91 Å². The lowest BCUT2D eigenvalue weighted by Crippen LogP contribution is -2.12. The minimum Gasteiger partial charge on any atom is -0.365 e. The molecule has 0 aliphatic carbocycles. The van der Waals surface area contributed by atoms with Crippen LogP contribution in [0.25, 0.3) is 17.2 Å². The smallest absolute Gasteiger partial charge is 0.259 e. The molecule has 0 aliphatic rings. The molecule has 0 aliphatic heterocycles. The molecule has 4 nitrogen and oxygen atoms in total. The molecule has 2 rings (SSSR count). The summed E-state index contributed by atoms with van der Waals surface area (Å²) in [5, 5.41) is 8.82. The molecule has 1 heterocycles. The Morgan fingerprint density at radius 1 is 1.21 bits per heavy atom. The van der Waals surface area contributed by atoms with Crippen LogP contribution in [-0.2, 0) is 4.79 Å². The molecule has 19 heavy (non-hydrogen) atoms. The van der Waals surface area contributed by atoms with Gasteiger partial charge in [0.05, 0.1) is 0 Å². The highest BCUT2D eigenvalue weighted by Gasteiger charge is 2.04. The van der Waals surface area contributed by atoms with Crippen molar-refractivity contribution in [2.24, 2.45) is 5.73 Å².